The number of aliphatic imine (C=N–C) groups is 5. The van der Waals surface area contributed by atoms with E-state index in [0.717, 1.165) is 79.2 Å². The van der Waals surface area contributed by atoms with Gasteiger partial charge < -0.3 is 19.9 Å². The van der Waals surface area contributed by atoms with E-state index in [1.54, 1.807) is 0 Å². The summed E-state index contributed by atoms with van der Waals surface area (Å²) in [4.78, 5) is 37.5. The summed E-state index contributed by atoms with van der Waals surface area (Å²) in [7, 11) is 0. The van der Waals surface area contributed by atoms with Crippen LogP contribution >= 0.6 is 0 Å². The quantitative estimate of drug-likeness (QED) is 0.131. The van der Waals surface area contributed by atoms with Crippen LogP contribution in [-0.4, -0.2) is 51.0 Å². The second kappa shape index (κ2) is 45.0. The first-order valence-electron chi connectivity index (χ1n) is 44.0. The summed E-state index contributed by atoms with van der Waals surface area (Å²) >= 11 is 0. The second-order valence-electron chi connectivity index (χ2n) is 26.9. The molecule has 0 amide bonds. The van der Waals surface area contributed by atoms with Gasteiger partial charge in [-0.25, -0.2) is 0 Å². The van der Waals surface area contributed by atoms with Crippen LogP contribution in [0.4, 0.5) is 0 Å². The third kappa shape index (κ3) is 19.7. The monoisotopic (exact) mass is 1590 g/mol. The SMILES string of the molecule is C/C(=C1/N=Cc2cc3ccccc3cc21)c1[nH]c(/C(C)=C2\N=Cc3cc4ccccc4cc32)c2cc3ccccc3cc12.C/C(=C1\C=CC=N1)c1ccc[nH]1.CC.CC.CC.CC.CC.CC.CC.CC.CC.CC(=C1N=Cc2cc3ccccc3cc21)c1[nH]cc2cc3ccccc3cc12.CC(=C1N=Cc2ccccc21)c1[nH]cc2ccccc12. The summed E-state index contributed by atoms with van der Waals surface area (Å²) in [6.07, 6.45) is 19.8. The minimum Gasteiger partial charge on any atom is -0.361 e. The van der Waals surface area contributed by atoms with E-state index in [4.69, 9.17) is 15.0 Å². The van der Waals surface area contributed by atoms with E-state index in [1.807, 2.05) is 192 Å². The Balaban J connectivity index is 0.000000185. The maximum absolute atomic E-state index is 4.96. The van der Waals surface area contributed by atoms with Crippen molar-refractivity contribution in [1.29, 1.82) is 0 Å². The van der Waals surface area contributed by atoms with Gasteiger partial charge in [-0.3, -0.25) is 25.0 Å². The average Bonchev–Trinajstić information content (AvgIpc) is 1.59. The molecular formula is C112H123N9. The molecule has 4 N–H and O–H groups in total. The normalized spacial score (nSPS) is 14.0. The number of aromatic amines is 4. The Hall–Kier alpha value is -13.4. The molecule has 0 unspecified atom stereocenters. The van der Waals surface area contributed by atoms with E-state index in [9.17, 15) is 0 Å². The zero-order chi connectivity index (χ0) is 87.2. The highest BCUT2D eigenvalue weighted by molar-refractivity contribution is 6.17. The molecule has 5 aliphatic rings. The highest BCUT2D eigenvalue weighted by Gasteiger charge is 2.25. The van der Waals surface area contributed by atoms with Crippen LogP contribution in [0, 0.1) is 0 Å². The van der Waals surface area contributed by atoms with Crippen LogP contribution in [-0.2, 0) is 0 Å². The van der Waals surface area contributed by atoms with Crippen molar-refractivity contribution >= 4 is 168 Å². The summed E-state index contributed by atoms with van der Waals surface area (Å²) < 4.78 is 0. The number of H-pyrrole nitrogens is 4. The maximum Gasteiger partial charge on any atom is 0.0759 e. The fourth-order valence-electron chi connectivity index (χ4n) is 15.3. The van der Waals surface area contributed by atoms with Gasteiger partial charge in [-0.1, -0.05) is 294 Å². The molecule has 0 saturated heterocycles. The van der Waals surface area contributed by atoms with E-state index in [1.165, 1.54) is 136 Å². The lowest BCUT2D eigenvalue weighted by Gasteiger charge is -2.09. The molecule has 4 aromatic heterocycles. The van der Waals surface area contributed by atoms with E-state index in [0.29, 0.717) is 0 Å². The van der Waals surface area contributed by atoms with Crippen molar-refractivity contribution in [1.82, 2.24) is 19.9 Å². The maximum atomic E-state index is 4.96. The summed E-state index contributed by atoms with van der Waals surface area (Å²) in [5.41, 5.74) is 26.1. The Morgan fingerprint density at radius 2 is 0.562 bits per heavy atom. The molecule has 0 aliphatic carbocycles. The second-order valence-corrected chi connectivity index (χ2v) is 26.9. The molecule has 0 atom stereocenters. The Morgan fingerprint density at radius 3 is 0.959 bits per heavy atom. The molecule has 21 rings (SSSR count). The lowest BCUT2D eigenvalue weighted by molar-refractivity contribution is 1.30. The molecule has 9 heteroatoms. The van der Waals surface area contributed by atoms with Crippen molar-refractivity contribution in [2.24, 2.45) is 25.0 Å². The fraction of sp³-hybridized carbons (Fsp3) is 0.205. The number of nitrogens with one attached hydrogen (secondary N) is 4. The first kappa shape index (κ1) is 91.5. The molecule has 0 spiro atoms. The number of rotatable bonds is 5. The zero-order valence-corrected chi connectivity index (χ0v) is 75.6. The zero-order valence-electron chi connectivity index (χ0n) is 75.6. The van der Waals surface area contributed by atoms with Crippen LogP contribution in [0.1, 0.15) is 232 Å². The summed E-state index contributed by atoms with van der Waals surface area (Å²) in [5.74, 6) is 0. The van der Waals surface area contributed by atoms with Crippen LogP contribution in [0.15, 0.2) is 304 Å². The van der Waals surface area contributed by atoms with Gasteiger partial charge in [-0.05, 0) is 207 Å². The number of aromatic nitrogens is 4. The first-order chi connectivity index (χ1) is 59.6. The number of allylic oxidation sites excluding steroid dienone is 7. The van der Waals surface area contributed by atoms with Crippen molar-refractivity contribution in [3.8, 4) is 0 Å². The smallest absolute Gasteiger partial charge is 0.0759 e. The summed E-state index contributed by atoms with van der Waals surface area (Å²) in [5, 5.41) is 19.8. The van der Waals surface area contributed by atoms with E-state index in [2.05, 4.69) is 301 Å². The Kier molecular flexibility index (Phi) is 34.0. The van der Waals surface area contributed by atoms with Gasteiger partial charge in [0.25, 0.3) is 0 Å². The minimum atomic E-state index is 1.02. The van der Waals surface area contributed by atoms with E-state index < -0.39 is 0 Å². The number of benzene rings is 12. The average molecular weight is 1600 g/mol. The van der Waals surface area contributed by atoms with Crippen LogP contribution in [0.2, 0.25) is 0 Å². The van der Waals surface area contributed by atoms with Crippen molar-refractivity contribution in [2.45, 2.75) is 159 Å². The molecule has 9 nitrogen and oxygen atoms in total. The highest BCUT2D eigenvalue weighted by Crippen LogP contribution is 2.44. The predicted molar refractivity (Wildman–Crippen MR) is 542 cm³/mol. The Morgan fingerprint density at radius 1 is 0.240 bits per heavy atom. The molecule has 12 aromatic carbocycles. The number of nitrogens with zero attached hydrogens (tertiary/aromatic N) is 5. The van der Waals surface area contributed by atoms with Crippen molar-refractivity contribution in [2.75, 3.05) is 0 Å². The Bertz CT molecular complexity index is 6410. The third-order valence-corrected chi connectivity index (χ3v) is 20.8. The van der Waals surface area contributed by atoms with Crippen molar-refractivity contribution in [3.05, 3.63) is 352 Å². The van der Waals surface area contributed by atoms with Crippen LogP contribution in [0.3, 0.4) is 0 Å². The molecule has 16 aromatic rings. The van der Waals surface area contributed by atoms with Gasteiger partial charge in [0.05, 0.1) is 51.3 Å². The van der Waals surface area contributed by atoms with Crippen LogP contribution in [0.5, 0.6) is 0 Å². The van der Waals surface area contributed by atoms with Gasteiger partial charge in [0, 0.05) is 127 Å². The molecule has 121 heavy (non-hydrogen) atoms. The molecule has 9 heterocycles. The molecule has 0 radical (unpaired) electrons. The number of hydrogen-bond donors (Lipinski definition) is 4. The van der Waals surface area contributed by atoms with Gasteiger partial charge in [0.2, 0.25) is 0 Å². The fourth-order valence-corrected chi connectivity index (χ4v) is 15.3. The van der Waals surface area contributed by atoms with Gasteiger partial charge >= 0.3 is 0 Å². The minimum absolute atomic E-state index is 1.02. The highest BCUT2D eigenvalue weighted by atomic mass is 14.8. The van der Waals surface area contributed by atoms with Gasteiger partial charge in [-0.2, -0.15) is 0 Å². The Labute approximate surface area is 719 Å². The largest absolute Gasteiger partial charge is 0.361 e. The summed E-state index contributed by atoms with van der Waals surface area (Å²) in [6.45, 7) is 46.7. The number of fused-ring (bicyclic) bond motifs is 12. The van der Waals surface area contributed by atoms with Crippen molar-refractivity contribution < 1.29 is 0 Å². The lowest BCUT2D eigenvalue weighted by Crippen LogP contribution is -1.91. The number of hydrogen-bond acceptors (Lipinski definition) is 5. The molecule has 0 fully saturated rings. The third-order valence-electron chi connectivity index (χ3n) is 20.8. The first-order valence-corrected chi connectivity index (χ1v) is 44.0. The van der Waals surface area contributed by atoms with Crippen molar-refractivity contribution in [3.63, 3.8) is 0 Å². The van der Waals surface area contributed by atoms with E-state index in [-0.39, 0.29) is 0 Å². The molecule has 5 aliphatic heterocycles. The molecular weight excluding hydrogens is 1470 g/mol. The predicted octanol–water partition coefficient (Wildman–Crippen LogP) is 33.2. The van der Waals surface area contributed by atoms with Gasteiger partial charge in [-0.15, -0.1) is 0 Å². The standard InChI is InChI=1S/C40H27N3.C26H18N2.C18H14N2.C10H10N2.9C2H6/c1-23(37-33-17-27-11-5-3-9-25(27)15-31(33)21-41-37)39-35-19-29-13-7-8-14-30(29)20-36(35)40(43-39)24(2)38-34-18-28-12-6-4-10-26(28)16-32(34)22-42-38;1-16(25-23-12-19-8-4-2-6-17(19)10-21(23)14-27-25)26-24-13-20-9-5-3-7-18(20)11-22(24)15-28-26;1-12(17-15-8-4-2-6-13(15)10-19-17)18-16-9-5-3-7-14(16)11-20-18;1-8(9-4-2-6-11-9)10-5-3-7-12-10;9*1-2/h3-22,43H,1-2H3;2-15,27H,1H3;2-11,19H,1H3;2-7,11H,1H3;9*1-2H3/b37-23-,38-24-;;;10-8-;;;;;;;;;. The molecule has 0 bridgehead atoms. The van der Waals surface area contributed by atoms with Gasteiger partial charge in [0.15, 0.2) is 0 Å². The molecule has 616 valence electrons. The lowest BCUT2D eigenvalue weighted by atomic mass is 9.96. The van der Waals surface area contributed by atoms with Crippen LogP contribution < -0.4 is 0 Å². The topological polar surface area (TPSA) is 125 Å². The van der Waals surface area contributed by atoms with Gasteiger partial charge in [0.1, 0.15) is 0 Å². The molecule has 0 saturated carbocycles. The summed E-state index contributed by atoms with van der Waals surface area (Å²) in [6, 6.07) is 86.1. The van der Waals surface area contributed by atoms with E-state index >= 15 is 0 Å². The van der Waals surface area contributed by atoms with Crippen LogP contribution in [0.25, 0.3) is 137 Å².